The van der Waals surface area contributed by atoms with Crippen molar-refractivity contribution in [3.8, 4) is 5.75 Å². The summed E-state index contributed by atoms with van der Waals surface area (Å²) in [6.45, 7) is 0.488. The number of amides is 2. The van der Waals surface area contributed by atoms with Crippen molar-refractivity contribution in [1.82, 2.24) is 10.2 Å². The van der Waals surface area contributed by atoms with Crippen molar-refractivity contribution >= 4 is 46.2 Å². The summed E-state index contributed by atoms with van der Waals surface area (Å²) >= 11 is 6.52. The van der Waals surface area contributed by atoms with E-state index in [1.807, 2.05) is 24.3 Å². The third-order valence-corrected chi connectivity index (χ3v) is 5.37. The van der Waals surface area contributed by atoms with Gasteiger partial charge in [0.15, 0.2) is 0 Å². The van der Waals surface area contributed by atoms with E-state index in [0.717, 1.165) is 5.56 Å². The van der Waals surface area contributed by atoms with Gasteiger partial charge in [-0.25, -0.2) is 4.39 Å². The predicted molar refractivity (Wildman–Crippen MR) is 112 cm³/mol. The number of benzene rings is 2. The molecule has 1 heterocycles. The third-order valence-electron chi connectivity index (χ3n) is 3.99. The number of rotatable bonds is 6. The van der Waals surface area contributed by atoms with Crippen molar-refractivity contribution < 1.29 is 18.7 Å². The highest BCUT2D eigenvalue weighted by Gasteiger charge is 2.31. The van der Waals surface area contributed by atoms with Gasteiger partial charge in [-0.2, -0.15) is 0 Å². The molecular formula is C20H17FN2O3S2. The van der Waals surface area contributed by atoms with Crippen LogP contribution in [0.5, 0.6) is 5.75 Å². The number of carbonyl (C=O) groups excluding carboxylic acids is 2. The fraction of sp³-hybridized carbons (Fsp3) is 0.150. The lowest BCUT2D eigenvalue weighted by Gasteiger charge is -2.14. The third kappa shape index (κ3) is 4.76. The van der Waals surface area contributed by atoms with Crippen molar-refractivity contribution in [1.29, 1.82) is 0 Å². The number of nitrogens with zero attached hydrogens (tertiary/aromatic N) is 1. The highest BCUT2D eigenvalue weighted by molar-refractivity contribution is 8.26. The molecule has 0 atom stereocenters. The smallest absolute Gasteiger partial charge is 0.266 e. The Balaban J connectivity index is 1.60. The van der Waals surface area contributed by atoms with E-state index in [2.05, 4.69) is 5.32 Å². The van der Waals surface area contributed by atoms with Gasteiger partial charge in [-0.1, -0.05) is 36.1 Å². The summed E-state index contributed by atoms with van der Waals surface area (Å²) in [6, 6.07) is 12.6. The second-order valence-electron chi connectivity index (χ2n) is 5.87. The van der Waals surface area contributed by atoms with Crippen LogP contribution in [0.4, 0.5) is 4.39 Å². The predicted octanol–water partition coefficient (Wildman–Crippen LogP) is 3.47. The van der Waals surface area contributed by atoms with Crippen LogP contribution >= 0.6 is 24.0 Å². The first-order valence-electron chi connectivity index (χ1n) is 8.41. The van der Waals surface area contributed by atoms with E-state index in [4.69, 9.17) is 17.0 Å². The van der Waals surface area contributed by atoms with Gasteiger partial charge in [-0.05, 0) is 48.0 Å². The van der Waals surface area contributed by atoms with Crippen LogP contribution in [0, 0.1) is 5.82 Å². The Bertz CT molecular complexity index is 945. The number of hydrogen-bond acceptors (Lipinski definition) is 5. The number of halogens is 1. The first kappa shape index (κ1) is 20.0. The van der Waals surface area contributed by atoms with Crippen LogP contribution in [0.25, 0.3) is 6.08 Å². The zero-order chi connectivity index (χ0) is 20.1. The van der Waals surface area contributed by atoms with Gasteiger partial charge in [0.2, 0.25) is 0 Å². The minimum absolute atomic E-state index is 0.200. The molecule has 1 N–H and O–H groups in total. The van der Waals surface area contributed by atoms with Gasteiger partial charge in [0.1, 0.15) is 15.9 Å². The van der Waals surface area contributed by atoms with E-state index < -0.39 is 5.82 Å². The molecule has 0 radical (unpaired) electrons. The van der Waals surface area contributed by atoms with E-state index in [1.54, 1.807) is 13.2 Å². The number of thiocarbonyl (C=S) groups is 1. The molecule has 0 aromatic heterocycles. The fourth-order valence-electron chi connectivity index (χ4n) is 2.56. The average Bonchev–Trinajstić information content (AvgIpc) is 2.96. The molecule has 3 rings (SSSR count). The Kier molecular flexibility index (Phi) is 6.43. The molecule has 5 nitrogen and oxygen atoms in total. The lowest BCUT2D eigenvalue weighted by Crippen LogP contribution is -2.37. The van der Waals surface area contributed by atoms with Gasteiger partial charge >= 0.3 is 0 Å². The molecule has 1 saturated heterocycles. The van der Waals surface area contributed by atoms with Gasteiger partial charge in [0.25, 0.3) is 11.8 Å². The maximum atomic E-state index is 12.9. The number of ether oxygens (including phenoxy) is 1. The molecule has 1 aliphatic rings. The largest absolute Gasteiger partial charge is 0.497 e. The number of nitrogens with one attached hydrogen (secondary N) is 1. The summed E-state index contributed by atoms with van der Waals surface area (Å²) in [5.74, 6) is -0.240. The van der Waals surface area contributed by atoms with Crippen LogP contribution in [0.3, 0.4) is 0 Å². The summed E-state index contributed by atoms with van der Waals surface area (Å²) in [6.07, 6.45) is 1.76. The molecule has 144 valence electrons. The first-order valence-corrected chi connectivity index (χ1v) is 9.63. The highest BCUT2D eigenvalue weighted by Crippen LogP contribution is 2.32. The van der Waals surface area contributed by atoms with Gasteiger partial charge in [0.05, 0.1) is 12.0 Å². The summed E-state index contributed by atoms with van der Waals surface area (Å²) in [5.41, 5.74) is 1.19. The minimum atomic E-state index is -0.406. The molecule has 2 aromatic carbocycles. The maximum Gasteiger partial charge on any atom is 0.266 e. The van der Waals surface area contributed by atoms with Crippen molar-refractivity contribution in [2.24, 2.45) is 0 Å². The number of methoxy groups -OCH3 is 1. The molecule has 0 aliphatic carbocycles. The highest BCUT2D eigenvalue weighted by atomic mass is 32.2. The summed E-state index contributed by atoms with van der Waals surface area (Å²) in [4.78, 5) is 26.7. The lowest BCUT2D eigenvalue weighted by molar-refractivity contribution is -0.122. The van der Waals surface area contributed by atoms with E-state index in [1.165, 1.54) is 40.9 Å². The Labute approximate surface area is 171 Å². The molecule has 28 heavy (non-hydrogen) atoms. The van der Waals surface area contributed by atoms with E-state index >= 15 is 0 Å². The SMILES string of the molecule is COc1cccc(/C=C2/SC(=S)N(CCNC(=O)c3ccc(F)cc3)C2=O)c1. The van der Waals surface area contributed by atoms with Crippen molar-refractivity contribution in [3.05, 3.63) is 70.4 Å². The monoisotopic (exact) mass is 416 g/mol. The van der Waals surface area contributed by atoms with Gasteiger partial charge in [-0.15, -0.1) is 0 Å². The second kappa shape index (κ2) is 8.99. The van der Waals surface area contributed by atoms with Crippen LogP contribution in [0.15, 0.2) is 53.4 Å². The Morgan fingerprint density at radius 3 is 2.75 bits per heavy atom. The molecule has 2 amide bonds. The molecule has 1 aliphatic heterocycles. The number of carbonyl (C=O) groups is 2. The standard InChI is InChI=1S/C20H17FN2O3S2/c1-26-16-4-2-3-13(11-16)12-17-19(25)23(20(27)28-17)10-9-22-18(24)14-5-7-15(21)8-6-14/h2-8,11-12H,9-10H2,1H3,(H,22,24)/b17-12+. The summed E-state index contributed by atoms with van der Waals surface area (Å²) < 4.78 is 18.6. The van der Waals surface area contributed by atoms with Crippen molar-refractivity contribution in [3.63, 3.8) is 0 Å². The van der Waals surface area contributed by atoms with E-state index in [9.17, 15) is 14.0 Å². The quantitative estimate of drug-likeness (QED) is 0.577. The molecule has 2 aromatic rings. The number of thioether (sulfide) groups is 1. The Hall–Kier alpha value is -2.71. The van der Waals surface area contributed by atoms with Crippen LogP contribution in [0.1, 0.15) is 15.9 Å². The second-order valence-corrected chi connectivity index (χ2v) is 7.55. The van der Waals surface area contributed by atoms with Gasteiger partial charge in [0, 0.05) is 18.7 Å². The molecule has 0 bridgehead atoms. The van der Waals surface area contributed by atoms with Crippen LogP contribution in [-0.2, 0) is 4.79 Å². The van der Waals surface area contributed by atoms with Crippen LogP contribution in [0.2, 0.25) is 0 Å². The van der Waals surface area contributed by atoms with Gasteiger partial charge < -0.3 is 10.1 Å². The topological polar surface area (TPSA) is 58.6 Å². The maximum absolute atomic E-state index is 12.9. The summed E-state index contributed by atoms with van der Waals surface area (Å²) in [7, 11) is 1.58. The van der Waals surface area contributed by atoms with Crippen molar-refractivity contribution in [2.75, 3.05) is 20.2 Å². The summed E-state index contributed by atoms with van der Waals surface area (Å²) in [5, 5.41) is 2.71. The van der Waals surface area contributed by atoms with Crippen molar-refractivity contribution in [2.45, 2.75) is 0 Å². The van der Waals surface area contributed by atoms with E-state index in [0.29, 0.717) is 20.5 Å². The molecule has 0 unspecified atom stereocenters. The zero-order valence-electron chi connectivity index (χ0n) is 15.0. The molecule has 8 heteroatoms. The normalized spacial score (nSPS) is 15.2. The van der Waals surface area contributed by atoms with Crippen LogP contribution in [-0.4, -0.2) is 41.2 Å². The van der Waals surface area contributed by atoms with Crippen LogP contribution < -0.4 is 10.1 Å². The number of hydrogen-bond donors (Lipinski definition) is 1. The van der Waals surface area contributed by atoms with E-state index in [-0.39, 0.29) is 24.9 Å². The van der Waals surface area contributed by atoms with Gasteiger partial charge in [-0.3, -0.25) is 14.5 Å². The Morgan fingerprint density at radius 2 is 2.04 bits per heavy atom. The Morgan fingerprint density at radius 1 is 1.29 bits per heavy atom. The fourth-order valence-corrected chi connectivity index (χ4v) is 3.87. The molecule has 0 saturated carbocycles. The lowest BCUT2D eigenvalue weighted by atomic mass is 10.2. The molecule has 0 spiro atoms. The molecule has 1 fully saturated rings. The first-order chi connectivity index (χ1) is 13.5. The zero-order valence-corrected chi connectivity index (χ0v) is 16.6. The molecular weight excluding hydrogens is 399 g/mol. The minimum Gasteiger partial charge on any atom is -0.497 e. The average molecular weight is 416 g/mol.